The Kier molecular flexibility index (Phi) is 5.36. The highest BCUT2D eigenvalue weighted by Crippen LogP contribution is 2.10. The molecule has 2 nitrogen and oxygen atoms in total. The molecule has 0 aliphatic heterocycles. The van der Waals surface area contributed by atoms with Crippen LogP contribution in [-0.2, 0) is 0 Å². The number of likely N-dealkylation sites (N-methyl/N-ethyl adjacent to an activating group) is 1. The summed E-state index contributed by atoms with van der Waals surface area (Å²) in [5.41, 5.74) is 1.92. The summed E-state index contributed by atoms with van der Waals surface area (Å²) in [6, 6.07) is 8.28. The van der Waals surface area contributed by atoms with Crippen molar-refractivity contribution in [1.82, 2.24) is 4.90 Å². The SMILES string of the molecule is CCC(C)N(CC)CC(=O)c1ccccc1C. The number of rotatable bonds is 6. The van der Waals surface area contributed by atoms with Crippen molar-refractivity contribution in [1.29, 1.82) is 0 Å². The second-order valence-electron chi connectivity index (χ2n) is 4.56. The van der Waals surface area contributed by atoms with Crippen LogP contribution in [0, 0.1) is 6.92 Å². The van der Waals surface area contributed by atoms with Crippen molar-refractivity contribution in [3.8, 4) is 0 Å². The number of benzene rings is 1. The Morgan fingerprint density at radius 1 is 1.29 bits per heavy atom. The zero-order chi connectivity index (χ0) is 12.8. The summed E-state index contributed by atoms with van der Waals surface area (Å²) in [5, 5.41) is 0. The summed E-state index contributed by atoms with van der Waals surface area (Å²) in [6.07, 6.45) is 1.08. The fraction of sp³-hybridized carbons (Fsp3) is 0.533. The molecule has 2 heteroatoms. The van der Waals surface area contributed by atoms with E-state index >= 15 is 0 Å². The molecular formula is C15H23NO. The third kappa shape index (κ3) is 3.67. The lowest BCUT2D eigenvalue weighted by Crippen LogP contribution is -2.37. The average molecular weight is 233 g/mol. The van der Waals surface area contributed by atoms with Crippen molar-refractivity contribution >= 4 is 5.78 Å². The lowest BCUT2D eigenvalue weighted by molar-refractivity contribution is 0.0902. The zero-order valence-corrected chi connectivity index (χ0v) is 11.4. The first kappa shape index (κ1) is 13.9. The quantitative estimate of drug-likeness (QED) is 0.703. The first-order chi connectivity index (χ1) is 8.10. The van der Waals surface area contributed by atoms with Crippen LogP contribution in [0.15, 0.2) is 24.3 Å². The maximum Gasteiger partial charge on any atom is 0.177 e. The minimum Gasteiger partial charge on any atom is -0.293 e. The van der Waals surface area contributed by atoms with Gasteiger partial charge in [-0.3, -0.25) is 9.69 Å². The lowest BCUT2D eigenvalue weighted by atomic mass is 10.0. The monoisotopic (exact) mass is 233 g/mol. The van der Waals surface area contributed by atoms with Crippen LogP contribution in [0.4, 0.5) is 0 Å². The van der Waals surface area contributed by atoms with E-state index in [0.29, 0.717) is 12.6 Å². The van der Waals surface area contributed by atoms with Gasteiger partial charge >= 0.3 is 0 Å². The van der Waals surface area contributed by atoms with Crippen molar-refractivity contribution in [3.05, 3.63) is 35.4 Å². The largest absolute Gasteiger partial charge is 0.293 e. The van der Waals surface area contributed by atoms with Crippen LogP contribution in [-0.4, -0.2) is 29.8 Å². The smallest absolute Gasteiger partial charge is 0.177 e. The summed E-state index contributed by atoms with van der Waals surface area (Å²) >= 11 is 0. The van der Waals surface area contributed by atoms with Gasteiger partial charge in [-0.05, 0) is 32.4 Å². The highest BCUT2D eigenvalue weighted by molar-refractivity contribution is 5.98. The molecule has 0 aromatic heterocycles. The second kappa shape index (κ2) is 6.55. The van der Waals surface area contributed by atoms with E-state index in [4.69, 9.17) is 0 Å². The normalized spacial score (nSPS) is 12.8. The molecule has 0 saturated heterocycles. The van der Waals surface area contributed by atoms with Crippen molar-refractivity contribution in [2.75, 3.05) is 13.1 Å². The van der Waals surface area contributed by atoms with Gasteiger partial charge in [0.25, 0.3) is 0 Å². The van der Waals surface area contributed by atoms with E-state index in [9.17, 15) is 4.79 Å². The molecule has 0 N–H and O–H groups in total. The number of hydrogen-bond acceptors (Lipinski definition) is 2. The maximum atomic E-state index is 12.2. The molecule has 0 saturated carbocycles. The maximum absolute atomic E-state index is 12.2. The topological polar surface area (TPSA) is 20.3 Å². The van der Waals surface area contributed by atoms with Crippen molar-refractivity contribution in [3.63, 3.8) is 0 Å². The van der Waals surface area contributed by atoms with E-state index in [-0.39, 0.29) is 5.78 Å². The molecule has 1 unspecified atom stereocenters. The molecule has 0 heterocycles. The number of ketones is 1. The van der Waals surface area contributed by atoms with Gasteiger partial charge in [-0.1, -0.05) is 38.1 Å². The van der Waals surface area contributed by atoms with Crippen LogP contribution < -0.4 is 0 Å². The highest BCUT2D eigenvalue weighted by atomic mass is 16.1. The Balaban J connectivity index is 2.75. The first-order valence-corrected chi connectivity index (χ1v) is 6.43. The van der Waals surface area contributed by atoms with Crippen LogP contribution in [0.2, 0.25) is 0 Å². The van der Waals surface area contributed by atoms with Gasteiger partial charge in [0.15, 0.2) is 5.78 Å². The van der Waals surface area contributed by atoms with Crippen LogP contribution in [0.5, 0.6) is 0 Å². The van der Waals surface area contributed by atoms with Gasteiger partial charge in [0.2, 0.25) is 0 Å². The minimum absolute atomic E-state index is 0.227. The van der Waals surface area contributed by atoms with Gasteiger partial charge in [0, 0.05) is 11.6 Å². The standard InChI is InChI=1S/C15H23NO/c1-5-13(4)16(6-2)11-15(17)14-10-8-7-9-12(14)3/h7-10,13H,5-6,11H2,1-4H3. The molecule has 0 spiro atoms. The van der Waals surface area contributed by atoms with Gasteiger partial charge in [-0.25, -0.2) is 0 Å². The Labute approximate surface area is 105 Å². The Morgan fingerprint density at radius 2 is 1.94 bits per heavy atom. The number of nitrogens with zero attached hydrogens (tertiary/aromatic N) is 1. The molecule has 94 valence electrons. The van der Waals surface area contributed by atoms with Gasteiger partial charge in [-0.15, -0.1) is 0 Å². The van der Waals surface area contributed by atoms with E-state index in [1.54, 1.807) is 0 Å². The average Bonchev–Trinajstić information content (AvgIpc) is 2.35. The van der Waals surface area contributed by atoms with Gasteiger partial charge in [0.05, 0.1) is 6.54 Å². The van der Waals surface area contributed by atoms with Crippen molar-refractivity contribution in [2.45, 2.75) is 40.2 Å². The predicted molar refractivity (Wildman–Crippen MR) is 72.5 cm³/mol. The molecule has 1 aromatic carbocycles. The summed E-state index contributed by atoms with van der Waals surface area (Å²) in [5.74, 6) is 0.227. The third-order valence-corrected chi connectivity index (χ3v) is 3.41. The molecule has 0 radical (unpaired) electrons. The predicted octanol–water partition coefficient (Wildman–Crippen LogP) is 3.30. The van der Waals surface area contributed by atoms with E-state index < -0.39 is 0 Å². The summed E-state index contributed by atoms with van der Waals surface area (Å²) < 4.78 is 0. The van der Waals surface area contributed by atoms with Crippen LogP contribution in [0.1, 0.15) is 43.1 Å². The number of carbonyl (C=O) groups excluding carboxylic acids is 1. The molecular weight excluding hydrogens is 210 g/mol. The highest BCUT2D eigenvalue weighted by Gasteiger charge is 2.16. The molecule has 0 aliphatic carbocycles. The van der Waals surface area contributed by atoms with Gasteiger partial charge < -0.3 is 0 Å². The summed E-state index contributed by atoms with van der Waals surface area (Å²) in [6.45, 7) is 9.88. The molecule has 17 heavy (non-hydrogen) atoms. The van der Waals surface area contributed by atoms with Crippen molar-refractivity contribution in [2.24, 2.45) is 0 Å². The first-order valence-electron chi connectivity index (χ1n) is 6.43. The zero-order valence-electron chi connectivity index (χ0n) is 11.4. The number of hydrogen-bond donors (Lipinski definition) is 0. The lowest BCUT2D eigenvalue weighted by Gasteiger charge is -2.26. The summed E-state index contributed by atoms with van der Waals surface area (Å²) in [4.78, 5) is 14.4. The molecule has 1 aromatic rings. The fourth-order valence-corrected chi connectivity index (χ4v) is 1.99. The van der Waals surface area contributed by atoms with Crippen molar-refractivity contribution < 1.29 is 4.79 Å². The molecule has 0 fully saturated rings. The van der Waals surface area contributed by atoms with Gasteiger partial charge in [-0.2, -0.15) is 0 Å². The second-order valence-corrected chi connectivity index (χ2v) is 4.56. The van der Waals surface area contributed by atoms with Crippen LogP contribution in [0.25, 0.3) is 0 Å². The van der Waals surface area contributed by atoms with E-state index in [0.717, 1.165) is 24.1 Å². The number of aryl methyl sites for hydroxylation is 1. The Bertz CT molecular complexity index is 373. The molecule has 0 amide bonds. The number of carbonyl (C=O) groups is 1. The fourth-order valence-electron chi connectivity index (χ4n) is 1.99. The molecule has 1 atom stereocenters. The van der Waals surface area contributed by atoms with Gasteiger partial charge in [0.1, 0.15) is 0 Å². The van der Waals surface area contributed by atoms with E-state index in [1.807, 2.05) is 31.2 Å². The summed E-state index contributed by atoms with van der Waals surface area (Å²) in [7, 11) is 0. The Morgan fingerprint density at radius 3 is 2.47 bits per heavy atom. The van der Waals surface area contributed by atoms with E-state index in [2.05, 4.69) is 25.7 Å². The van der Waals surface area contributed by atoms with E-state index in [1.165, 1.54) is 0 Å². The molecule has 0 bridgehead atoms. The van der Waals surface area contributed by atoms with Crippen LogP contribution >= 0.6 is 0 Å². The van der Waals surface area contributed by atoms with Crippen LogP contribution in [0.3, 0.4) is 0 Å². The molecule has 0 aliphatic rings. The minimum atomic E-state index is 0.227. The Hall–Kier alpha value is -1.15. The molecule has 1 rings (SSSR count). The number of Topliss-reactive ketones (excluding diaryl/α,β-unsaturated/α-hetero) is 1. The third-order valence-electron chi connectivity index (χ3n) is 3.41.